The van der Waals surface area contributed by atoms with Gasteiger partial charge in [-0.1, -0.05) is 18.2 Å². The molecule has 1 amide bonds. The molecule has 0 radical (unpaired) electrons. The number of carbonyl (C=O) groups excluding carboxylic acids is 1. The average molecular weight is 326 g/mol. The topological polar surface area (TPSA) is 32.3 Å². The van der Waals surface area contributed by atoms with E-state index in [1.165, 1.54) is 11.8 Å². The molecule has 0 aliphatic carbocycles. The van der Waals surface area contributed by atoms with Gasteiger partial charge in [0.25, 0.3) is 0 Å². The second kappa shape index (κ2) is 6.58. The minimum absolute atomic E-state index is 0.0689. The van der Waals surface area contributed by atoms with Gasteiger partial charge in [0.15, 0.2) is 0 Å². The van der Waals surface area contributed by atoms with Crippen molar-refractivity contribution < 1.29 is 9.18 Å². The molecule has 2 heterocycles. The van der Waals surface area contributed by atoms with Crippen LogP contribution in [0.1, 0.15) is 18.7 Å². The minimum Gasteiger partial charge on any atom is -0.320 e. The summed E-state index contributed by atoms with van der Waals surface area (Å²) < 4.78 is 14.1. The zero-order chi connectivity index (χ0) is 14.8. The second-order valence-electron chi connectivity index (χ2n) is 5.37. The molecule has 1 aromatic rings. The van der Waals surface area contributed by atoms with Gasteiger partial charge >= 0.3 is 0 Å². The third-order valence-electron chi connectivity index (χ3n) is 3.86. The van der Waals surface area contributed by atoms with Crippen LogP contribution in [0.25, 0.3) is 0 Å². The van der Waals surface area contributed by atoms with Crippen LogP contribution >= 0.6 is 23.5 Å². The molecule has 3 nitrogen and oxygen atoms in total. The lowest BCUT2D eigenvalue weighted by atomic mass is 10.1. The van der Waals surface area contributed by atoms with Crippen LogP contribution in [-0.2, 0) is 4.79 Å². The van der Waals surface area contributed by atoms with E-state index in [1.54, 1.807) is 12.1 Å². The van der Waals surface area contributed by atoms with E-state index in [9.17, 15) is 9.18 Å². The fourth-order valence-corrected chi connectivity index (χ4v) is 5.45. The number of benzene rings is 1. The second-order valence-corrected chi connectivity index (χ2v) is 7.93. The van der Waals surface area contributed by atoms with Gasteiger partial charge in [0.2, 0.25) is 5.91 Å². The van der Waals surface area contributed by atoms with E-state index in [1.807, 2.05) is 41.4 Å². The van der Waals surface area contributed by atoms with Gasteiger partial charge in [0.05, 0.1) is 6.04 Å². The fraction of sp³-hybridized carbons (Fsp3) is 0.533. The van der Waals surface area contributed by atoms with Crippen molar-refractivity contribution in [1.82, 2.24) is 10.2 Å². The van der Waals surface area contributed by atoms with E-state index < -0.39 is 0 Å². The van der Waals surface area contributed by atoms with Crippen LogP contribution in [-0.4, -0.2) is 45.9 Å². The normalized spacial score (nSPS) is 29.9. The van der Waals surface area contributed by atoms with Crippen molar-refractivity contribution in [2.75, 3.05) is 23.8 Å². The molecule has 6 heteroatoms. The van der Waals surface area contributed by atoms with Crippen LogP contribution in [0.2, 0.25) is 0 Å². The largest absolute Gasteiger partial charge is 0.320 e. The molecular weight excluding hydrogens is 307 g/mol. The summed E-state index contributed by atoms with van der Waals surface area (Å²) in [6.45, 7) is 2.53. The van der Waals surface area contributed by atoms with E-state index in [0.29, 0.717) is 17.4 Å². The molecule has 114 valence electrons. The Kier molecular flexibility index (Phi) is 4.76. The highest BCUT2D eigenvalue weighted by molar-refractivity contribution is 8.06. The van der Waals surface area contributed by atoms with E-state index >= 15 is 0 Å². The smallest absolute Gasteiger partial charge is 0.241 e. The van der Waals surface area contributed by atoms with Crippen LogP contribution in [0.15, 0.2) is 24.3 Å². The zero-order valence-corrected chi connectivity index (χ0v) is 13.6. The SMILES string of the molecule is CC1NC(c2ccccc2F)N(CC2CSCCS2)C1=O. The highest BCUT2D eigenvalue weighted by atomic mass is 32.2. The Morgan fingerprint density at radius 1 is 1.38 bits per heavy atom. The van der Waals surface area contributed by atoms with Crippen molar-refractivity contribution in [2.45, 2.75) is 24.4 Å². The lowest BCUT2D eigenvalue weighted by Gasteiger charge is -2.30. The maximum atomic E-state index is 14.1. The van der Waals surface area contributed by atoms with Gasteiger partial charge < -0.3 is 4.90 Å². The summed E-state index contributed by atoms with van der Waals surface area (Å²) in [5.74, 6) is 3.19. The molecular formula is C15H19FN2OS2. The number of nitrogens with one attached hydrogen (secondary N) is 1. The number of amides is 1. The number of hydrogen-bond donors (Lipinski definition) is 1. The highest BCUT2D eigenvalue weighted by Gasteiger charge is 2.39. The highest BCUT2D eigenvalue weighted by Crippen LogP contribution is 2.31. The van der Waals surface area contributed by atoms with E-state index in [4.69, 9.17) is 0 Å². The molecule has 2 aliphatic heterocycles. The summed E-state index contributed by atoms with van der Waals surface area (Å²) in [6, 6.07) is 6.45. The van der Waals surface area contributed by atoms with E-state index in [-0.39, 0.29) is 23.9 Å². The summed E-state index contributed by atoms with van der Waals surface area (Å²) in [5, 5.41) is 3.66. The molecule has 0 saturated carbocycles. The van der Waals surface area contributed by atoms with Gasteiger partial charge in [-0.15, -0.1) is 0 Å². The summed E-state index contributed by atoms with van der Waals surface area (Å²) in [5.41, 5.74) is 0.559. The van der Waals surface area contributed by atoms with Crippen molar-refractivity contribution in [3.63, 3.8) is 0 Å². The Morgan fingerprint density at radius 3 is 2.90 bits per heavy atom. The Labute approximate surface area is 133 Å². The summed E-state index contributed by atoms with van der Waals surface area (Å²) >= 11 is 3.85. The summed E-state index contributed by atoms with van der Waals surface area (Å²) in [7, 11) is 0. The van der Waals surface area contributed by atoms with E-state index in [0.717, 1.165) is 11.5 Å². The van der Waals surface area contributed by atoms with Gasteiger partial charge in [0, 0.05) is 34.6 Å². The summed E-state index contributed by atoms with van der Waals surface area (Å²) in [6.07, 6.45) is -0.346. The number of rotatable bonds is 3. The molecule has 0 bridgehead atoms. The maximum Gasteiger partial charge on any atom is 0.241 e. The third kappa shape index (κ3) is 3.22. The zero-order valence-electron chi connectivity index (χ0n) is 11.9. The molecule has 21 heavy (non-hydrogen) atoms. The maximum absolute atomic E-state index is 14.1. The molecule has 2 saturated heterocycles. The van der Waals surface area contributed by atoms with Gasteiger partial charge in [0.1, 0.15) is 12.0 Å². The third-order valence-corrected chi connectivity index (χ3v) is 6.69. The standard InChI is InChI=1S/C15H19FN2OS2/c1-10-15(19)18(8-11-9-20-6-7-21-11)14(17-10)12-4-2-3-5-13(12)16/h2-5,10-11,14,17H,6-9H2,1H3. The number of carbonyl (C=O) groups is 1. The van der Waals surface area contributed by atoms with Crippen LogP contribution in [0, 0.1) is 5.82 Å². The number of nitrogens with zero attached hydrogens (tertiary/aromatic N) is 1. The lowest BCUT2D eigenvalue weighted by molar-refractivity contribution is -0.129. The van der Waals surface area contributed by atoms with Crippen LogP contribution in [0.4, 0.5) is 4.39 Å². The van der Waals surface area contributed by atoms with Crippen molar-refractivity contribution >= 4 is 29.4 Å². The molecule has 3 atom stereocenters. The first kappa shape index (κ1) is 15.2. The van der Waals surface area contributed by atoms with Gasteiger partial charge in [-0.3, -0.25) is 10.1 Å². The average Bonchev–Trinajstić information content (AvgIpc) is 2.77. The quantitative estimate of drug-likeness (QED) is 0.925. The van der Waals surface area contributed by atoms with Gasteiger partial charge in [-0.2, -0.15) is 23.5 Å². The molecule has 3 unspecified atom stereocenters. The first-order valence-electron chi connectivity index (χ1n) is 7.17. The number of halogens is 1. The molecule has 0 aromatic heterocycles. The summed E-state index contributed by atoms with van der Waals surface area (Å²) in [4.78, 5) is 14.2. The molecule has 0 spiro atoms. The van der Waals surface area contributed by atoms with Crippen LogP contribution in [0.3, 0.4) is 0 Å². The van der Waals surface area contributed by atoms with Crippen molar-refractivity contribution in [1.29, 1.82) is 0 Å². The van der Waals surface area contributed by atoms with Crippen molar-refractivity contribution in [2.24, 2.45) is 0 Å². The molecule has 2 fully saturated rings. The van der Waals surface area contributed by atoms with Crippen LogP contribution < -0.4 is 5.32 Å². The first-order valence-corrected chi connectivity index (χ1v) is 9.37. The Bertz CT molecular complexity index is 522. The van der Waals surface area contributed by atoms with Crippen LogP contribution in [0.5, 0.6) is 0 Å². The van der Waals surface area contributed by atoms with Crippen molar-refractivity contribution in [3.05, 3.63) is 35.6 Å². The molecule has 1 N–H and O–H groups in total. The molecule has 3 rings (SSSR count). The minimum atomic E-state index is -0.346. The van der Waals surface area contributed by atoms with E-state index in [2.05, 4.69) is 5.32 Å². The first-order chi connectivity index (χ1) is 10.2. The van der Waals surface area contributed by atoms with Crippen molar-refractivity contribution in [3.8, 4) is 0 Å². The monoisotopic (exact) mass is 326 g/mol. The predicted octanol–water partition coefficient (Wildman–Crippen LogP) is 2.49. The van der Waals surface area contributed by atoms with Gasteiger partial charge in [-0.05, 0) is 13.0 Å². The molecule has 2 aliphatic rings. The molecule has 1 aromatic carbocycles. The Balaban J connectivity index is 1.81. The lowest BCUT2D eigenvalue weighted by Crippen LogP contribution is -2.38. The number of thioether (sulfide) groups is 2. The number of hydrogen-bond acceptors (Lipinski definition) is 4. The Hall–Kier alpha value is -0.720. The van der Waals surface area contributed by atoms with Gasteiger partial charge in [-0.25, -0.2) is 4.39 Å². The fourth-order valence-electron chi connectivity index (χ4n) is 2.79. The Morgan fingerprint density at radius 2 is 2.19 bits per heavy atom. The predicted molar refractivity (Wildman–Crippen MR) is 87.0 cm³/mol.